The van der Waals surface area contributed by atoms with Crippen molar-refractivity contribution in [1.82, 2.24) is 20.4 Å². The standard InChI is InChI=1S/C18H15F3N4O2S/c19-18(20,21)11-23-15(26)9-22-17(27)13-10-25(12-5-2-1-3-6-12)24-16(13)14-7-4-8-28-14/h1-8,10H,9,11H2,(H,22,27)(H,23,26). The Balaban J connectivity index is 1.77. The highest BCUT2D eigenvalue weighted by molar-refractivity contribution is 7.13. The highest BCUT2D eigenvalue weighted by Gasteiger charge is 2.28. The lowest BCUT2D eigenvalue weighted by atomic mass is 10.2. The Morgan fingerprint density at radius 1 is 1.07 bits per heavy atom. The van der Waals surface area contributed by atoms with Crippen molar-refractivity contribution in [3.63, 3.8) is 0 Å². The number of carbonyl (C=O) groups is 2. The SMILES string of the molecule is O=C(CNC(=O)c1cn(-c2ccccc2)nc1-c1cccs1)NCC(F)(F)F. The van der Waals surface area contributed by atoms with E-state index in [2.05, 4.69) is 10.4 Å². The Kier molecular flexibility index (Phi) is 5.78. The molecule has 2 aromatic heterocycles. The van der Waals surface area contributed by atoms with Gasteiger partial charge < -0.3 is 10.6 Å². The fourth-order valence-corrected chi connectivity index (χ4v) is 3.09. The third-order valence-electron chi connectivity index (χ3n) is 3.63. The summed E-state index contributed by atoms with van der Waals surface area (Å²) in [5, 5.41) is 10.3. The van der Waals surface area contributed by atoms with E-state index in [-0.39, 0.29) is 5.56 Å². The molecular weight excluding hydrogens is 393 g/mol. The van der Waals surface area contributed by atoms with Crippen molar-refractivity contribution < 1.29 is 22.8 Å². The van der Waals surface area contributed by atoms with Crippen molar-refractivity contribution in [1.29, 1.82) is 0 Å². The predicted molar refractivity (Wildman–Crippen MR) is 98.3 cm³/mol. The summed E-state index contributed by atoms with van der Waals surface area (Å²) >= 11 is 1.39. The average Bonchev–Trinajstić information content (AvgIpc) is 3.34. The first-order valence-electron chi connectivity index (χ1n) is 8.14. The van der Waals surface area contributed by atoms with Crippen LogP contribution in [0.2, 0.25) is 0 Å². The number of para-hydroxylation sites is 1. The molecule has 10 heteroatoms. The smallest absolute Gasteiger partial charge is 0.345 e. The summed E-state index contributed by atoms with van der Waals surface area (Å²) in [6, 6.07) is 12.7. The molecule has 0 atom stereocenters. The van der Waals surface area contributed by atoms with Gasteiger partial charge in [-0.1, -0.05) is 24.3 Å². The van der Waals surface area contributed by atoms with Gasteiger partial charge in [0.1, 0.15) is 12.2 Å². The normalized spacial score (nSPS) is 11.2. The molecule has 0 spiro atoms. The number of halogens is 3. The summed E-state index contributed by atoms with van der Waals surface area (Å²) in [4.78, 5) is 24.8. The van der Waals surface area contributed by atoms with Crippen LogP contribution in [0.3, 0.4) is 0 Å². The molecular formula is C18H15F3N4O2S. The number of nitrogens with one attached hydrogen (secondary N) is 2. The largest absolute Gasteiger partial charge is 0.405 e. The van der Waals surface area contributed by atoms with Crippen LogP contribution in [0, 0.1) is 0 Å². The Bertz CT molecular complexity index is 953. The van der Waals surface area contributed by atoms with Crippen LogP contribution < -0.4 is 10.6 Å². The third kappa shape index (κ3) is 4.97. The van der Waals surface area contributed by atoms with Gasteiger partial charge in [0.25, 0.3) is 5.91 Å². The van der Waals surface area contributed by atoms with E-state index in [4.69, 9.17) is 0 Å². The summed E-state index contributed by atoms with van der Waals surface area (Å²) < 4.78 is 38.0. The van der Waals surface area contributed by atoms with Crippen molar-refractivity contribution in [3.8, 4) is 16.3 Å². The number of rotatable bonds is 6. The molecule has 28 heavy (non-hydrogen) atoms. The number of hydrogen-bond acceptors (Lipinski definition) is 4. The molecule has 0 bridgehead atoms. The number of amides is 2. The van der Waals surface area contributed by atoms with E-state index in [1.807, 2.05) is 41.8 Å². The minimum atomic E-state index is -4.51. The summed E-state index contributed by atoms with van der Waals surface area (Å²) in [5.74, 6) is -1.54. The second-order valence-electron chi connectivity index (χ2n) is 5.72. The lowest BCUT2D eigenvalue weighted by Crippen LogP contribution is -2.40. The quantitative estimate of drug-likeness (QED) is 0.658. The molecule has 6 nitrogen and oxygen atoms in total. The molecule has 3 aromatic rings. The Hall–Kier alpha value is -3.14. The highest BCUT2D eigenvalue weighted by Crippen LogP contribution is 2.27. The monoisotopic (exact) mass is 408 g/mol. The van der Waals surface area contributed by atoms with Crippen LogP contribution in [0.4, 0.5) is 13.2 Å². The lowest BCUT2D eigenvalue weighted by molar-refractivity contribution is -0.137. The molecule has 0 aliphatic carbocycles. The zero-order chi connectivity index (χ0) is 20.1. The number of carbonyl (C=O) groups excluding carboxylic acids is 2. The number of thiophene rings is 1. The van der Waals surface area contributed by atoms with Gasteiger partial charge in [-0.3, -0.25) is 9.59 Å². The van der Waals surface area contributed by atoms with Gasteiger partial charge in [-0.15, -0.1) is 11.3 Å². The number of benzene rings is 1. The summed E-state index contributed by atoms with van der Waals surface area (Å²) in [7, 11) is 0. The number of nitrogens with zero attached hydrogens (tertiary/aromatic N) is 2. The van der Waals surface area contributed by atoms with Crippen LogP contribution >= 0.6 is 11.3 Å². The second kappa shape index (κ2) is 8.26. The minimum absolute atomic E-state index is 0.218. The summed E-state index contributed by atoms with van der Waals surface area (Å²) in [5.41, 5.74) is 1.38. The lowest BCUT2D eigenvalue weighted by Gasteiger charge is -2.09. The van der Waals surface area contributed by atoms with Crippen molar-refractivity contribution >= 4 is 23.2 Å². The molecule has 0 radical (unpaired) electrons. The summed E-state index contributed by atoms with van der Waals surface area (Å²) in [6.07, 6.45) is -2.99. The molecule has 2 amide bonds. The van der Waals surface area contributed by atoms with Gasteiger partial charge >= 0.3 is 6.18 Å². The van der Waals surface area contributed by atoms with Gasteiger partial charge in [-0.25, -0.2) is 4.68 Å². The van der Waals surface area contributed by atoms with E-state index in [0.717, 1.165) is 10.6 Å². The molecule has 1 aromatic carbocycles. The molecule has 2 N–H and O–H groups in total. The third-order valence-corrected chi connectivity index (χ3v) is 4.51. The van der Waals surface area contributed by atoms with Gasteiger partial charge in [0.2, 0.25) is 5.91 Å². The maximum atomic E-state index is 12.5. The average molecular weight is 408 g/mol. The van der Waals surface area contributed by atoms with Crippen LogP contribution in [0.25, 0.3) is 16.3 Å². The Labute approximate surface area is 162 Å². The first-order valence-corrected chi connectivity index (χ1v) is 9.02. The molecule has 2 heterocycles. The minimum Gasteiger partial charge on any atom is -0.345 e. The molecule has 0 saturated heterocycles. The van der Waals surface area contributed by atoms with E-state index in [0.29, 0.717) is 5.69 Å². The fourth-order valence-electron chi connectivity index (χ4n) is 2.37. The zero-order valence-corrected chi connectivity index (χ0v) is 15.2. The highest BCUT2D eigenvalue weighted by atomic mass is 32.1. The maximum absolute atomic E-state index is 12.5. The molecule has 0 aliphatic heterocycles. The van der Waals surface area contributed by atoms with Crippen LogP contribution in [0.15, 0.2) is 54.0 Å². The van der Waals surface area contributed by atoms with Gasteiger partial charge in [-0.2, -0.15) is 18.3 Å². The van der Waals surface area contributed by atoms with Gasteiger partial charge in [0.05, 0.1) is 22.7 Å². The van der Waals surface area contributed by atoms with Crippen molar-refractivity contribution in [2.75, 3.05) is 13.1 Å². The second-order valence-corrected chi connectivity index (χ2v) is 6.67. The molecule has 0 saturated carbocycles. The number of aromatic nitrogens is 2. The molecule has 0 unspecified atom stereocenters. The van der Waals surface area contributed by atoms with Crippen molar-refractivity contribution in [2.24, 2.45) is 0 Å². The van der Waals surface area contributed by atoms with Crippen LogP contribution in [-0.4, -0.2) is 40.9 Å². The molecule has 3 rings (SSSR count). The number of hydrogen-bond donors (Lipinski definition) is 2. The Morgan fingerprint density at radius 2 is 1.82 bits per heavy atom. The first-order chi connectivity index (χ1) is 13.3. The van der Waals surface area contributed by atoms with E-state index < -0.39 is 31.1 Å². The predicted octanol–water partition coefficient (Wildman–Crippen LogP) is 3.01. The van der Waals surface area contributed by atoms with Gasteiger partial charge in [0.15, 0.2) is 0 Å². The van der Waals surface area contributed by atoms with Crippen molar-refractivity contribution in [3.05, 3.63) is 59.6 Å². The van der Waals surface area contributed by atoms with Gasteiger partial charge in [-0.05, 0) is 23.6 Å². The first kappa shape index (κ1) is 19.6. The van der Waals surface area contributed by atoms with E-state index in [9.17, 15) is 22.8 Å². The van der Waals surface area contributed by atoms with Crippen molar-refractivity contribution in [2.45, 2.75) is 6.18 Å². The van der Waals surface area contributed by atoms with Crippen LogP contribution in [0.1, 0.15) is 10.4 Å². The molecule has 146 valence electrons. The molecule has 0 aliphatic rings. The fraction of sp³-hybridized carbons (Fsp3) is 0.167. The Morgan fingerprint density at radius 3 is 2.46 bits per heavy atom. The summed E-state index contributed by atoms with van der Waals surface area (Å²) in [6.45, 7) is -2.02. The number of alkyl halides is 3. The van der Waals surface area contributed by atoms with Crippen LogP contribution in [-0.2, 0) is 4.79 Å². The topological polar surface area (TPSA) is 76.0 Å². The van der Waals surface area contributed by atoms with Crippen LogP contribution in [0.5, 0.6) is 0 Å². The van der Waals surface area contributed by atoms with E-state index in [1.54, 1.807) is 11.4 Å². The maximum Gasteiger partial charge on any atom is 0.405 e. The van der Waals surface area contributed by atoms with E-state index >= 15 is 0 Å². The van der Waals surface area contributed by atoms with E-state index in [1.165, 1.54) is 22.2 Å². The molecule has 0 fully saturated rings. The van der Waals surface area contributed by atoms with Gasteiger partial charge in [0, 0.05) is 6.20 Å². The zero-order valence-electron chi connectivity index (χ0n) is 14.4.